The fraction of sp³-hybridized carbons (Fsp3) is 0.818. The van der Waals surface area contributed by atoms with E-state index in [0.29, 0.717) is 12.5 Å². The first-order valence-corrected chi connectivity index (χ1v) is 5.97. The molecule has 0 radical (unpaired) electrons. The van der Waals surface area contributed by atoms with Gasteiger partial charge in [0.1, 0.15) is 11.6 Å². The predicted octanol–water partition coefficient (Wildman–Crippen LogP) is 2.25. The van der Waals surface area contributed by atoms with E-state index in [4.69, 9.17) is 16.3 Å². The first-order chi connectivity index (χ1) is 7.48. The SMILES string of the molecule is COCCn1c(CCl)nnc1CC(C)(C)C. The zero-order valence-electron chi connectivity index (χ0n) is 10.5. The third kappa shape index (κ3) is 3.76. The number of nitrogens with zero attached hydrogens (tertiary/aromatic N) is 3. The third-order valence-corrected chi connectivity index (χ3v) is 2.47. The van der Waals surface area contributed by atoms with Crippen molar-refractivity contribution in [1.82, 2.24) is 14.8 Å². The Morgan fingerprint density at radius 1 is 1.25 bits per heavy atom. The smallest absolute Gasteiger partial charge is 0.148 e. The molecule has 0 unspecified atom stereocenters. The molecule has 0 saturated carbocycles. The maximum Gasteiger partial charge on any atom is 0.148 e. The quantitative estimate of drug-likeness (QED) is 0.747. The van der Waals surface area contributed by atoms with Crippen LogP contribution in [-0.4, -0.2) is 28.5 Å². The van der Waals surface area contributed by atoms with Gasteiger partial charge in [-0.05, 0) is 5.41 Å². The summed E-state index contributed by atoms with van der Waals surface area (Å²) in [6.45, 7) is 7.96. The van der Waals surface area contributed by atoms with E-state index in [1.54, 1.807) is 7.11 Å². The number of alkyl halides is 1. The van der Waals surface area contributed by atoms with E-state index in [2.05, 4.69) is 35.5 Å². The number of aromatic nitrogens is 3. The molecule has 16 heavy (non-hydrogen) atoms. The first kappa shape index (κ1) is 13.5. The van der Waals surface area contributed by atoms with Gasteiger partial charge in [-0.2, -0.15) is 0 Å². The standard InChI is InChI=1S/C11H20ClN3O/c1-11(2,3)7-9-13-14-10(8-12)15(9)5-6-16-4/h5-8H2,1-4H3. The summed E-state index contributed by atoms with van der Waals surface area (Å²) < 4.78 is 7.14. The van der Waals surface area contributed by atoms with E-state index in [9.17, 15) is 0 Å². The molecule has 5 heteroatoms. The molecule has 1 rings (SSSR count). The summed E-state index contributed by atoms with van der Waals surface area (Å²) in [5.74, 6) is 2.19. The molecule has 92 valence electrons. The van der Waals surface area contributed by atoms with Crippen LogP contribution >= 0.6 is 11.6 Å². The minimum absolute atomic E-state index is 0.196. The highest BCUT2D eigenvalue weighted by atomic mass is 35.5. The summed E-state index contributed by atoms with van der Waals surface area (Å²) in [5.41, 5.74) is 0.196. The zero-order chi connectivity index (χ0) is 12.2. The molecule has 0 aliphatic rings. The maximum absolute atomic E-state index is 5.83. The van der Waals surface area contributed by atoms with Gasteiger partial charge < -0.3 is 9.30 Å². The number of hydrogen-bond donors (Lipinski definition) is 0. The van der Waals surface area contributed by atoms with E-state index in [1.165, 1.54) is 0 Å². The molecule has 0 spiro atoms. The van der Waals surface area contributed by atoms with Crippen molar-refractivity contribution in [3.63, 3.8) is 0 Å². The van der Waals surface area contributed by atoms with Gasteiger partial charge in [0.05, 0.1) is 12.5 Å². The van der Waals surface area contributed by atoms with E-state index in [1.807, 2.05) is 0 Å². The van der Waals surface area contributed by atoms with Gasteiger partial charge >= 0.3 is 0 Å². The van der Waals surface area contributed by atoms with Crippen LogP contribution in [0.4, 0.5) is 0 Å². The first-order valence-electron chi connectivity index (χ1n) is 5.44. The Kier molecular flexibility index (Phi) is 4.74. The summed E-state index contributed by atoms with van der Waals surface area (Å²) in [6.07, 6.45) is 0.889. The number of ether oxygens (including phenoxy) is 1. The van der Waals surface area contributed by atoms with Crippen molar-refractivity contribution in [1.29, 1.82) is 0 Å². The molecule has 0 bridgehead atoms. The van der Waals surface area contributed by atoms with Crippen LogP contribution < -0.4 is 0 Å². The molecule has 0 N–H and O–H groups in total. The second-order valence-electron chi connectivity index (χ2n) is 5.05. The Balaban J connectivity index is 2.86. The lowest BCUT2D eigenvalue weighted by Crippen LogP contribution is -2.17. The van der Waals surface area contributed by atoms with E-state index < -0.39 is 0 Å². The molecule has 0 saturated heterocycles. The Hall–Kier alpha value is -0.610. The fourth-order valence-electron chi connectivity index (χ4n) is 1.52. The molecule has 0 amide bonds. The monoisotopic (exact) mass is 245 g/mol. The zero-order valence-corrected chi connectivity index (χ0v) is 11.2. The highest BCUT2D eigenvalue weighted by Gasteiger charge is 2.18. The Morgan fingerprint density at radius 2 is 1.88 bits per heavy atom. The normalized spacial score (nSPS) is 12.1. The summed E-state index contributed by atoms with van der Waals surface area (Å²) >= 11 is 5.83. The van der Waals surface area contributed by atoms with Gasteiger partial charge in [0.25, 0.3) is 0 Å². The van der Waals surface area contributed by atoms with Gasteiger partial charge in [-0.15, -0.1) is 21.8 Å². The van der Waals surface area contributed by atoms with Crippen LogP contribution in [0.1, 0.15) is 32.4 Å². The molecule has 0 aliphatic carbocycles. The van der Waals surface area contributed by atoms with Crippen LogP contribution in [0.5, 0.6) is 0 Å². The molecule has 0 atom stereocenters. The van der Waals surface area contributed by atoms with Gasteiger partial charge in [0.2, 0.25) is 0 Å². The minimum atomic E-state index is 0.196. The Morgan fingerprint density at radius 3 is 2.38 bits per heavy atom. The molecule has 0 aromatic carbocycles. The van der Waals surface area contributed by atoms with Gasteiger partial charge in [-0.3, -0.25) is 0 Å². The van der Waals surface area contributed by atoms with E-state index >= 15 is 0 Å². The van der Waals surface area contributed by atoms with E-state index in [-0.39, 0.29) is 5.41 Å². The summed E-state index contributed by atoms with van der Waals surface area (Å²) in [4.78, 5) is 0. The summed E-state index contributed by atoms with van der Waals surface area (Å²) in [7, 11) is 1.69. The molecule has 1 aromatic heterocycles. The number of halogens is 1. The van der Waals surface area contributed by atoms with Gasteiger partial charge in [-0.25, -0.2) is 0 Å². The highest BCUT2D eigenvalue weighted by molar-refractivity contribution is 6.16. The van der Waals surface area contributed by atoms with Crippen LogP contribution in [0.25, 0.3) is 0 Å². The van der Waals surface area contributed by atoms with Crippen LogP contribution in [0.2, 0.25) is 0 Å². The van der Waals surface area contributed by atoms with Crippen LogP contribution in [0.3, 0.4) is 0 Å². The number of hydrogen-bond acceptors (Lipinski definition) is 3. The van der Waals surface area contributed by atoms with Crippen molar-refractivity contribution in [3.05, 3.63) is 11.6 Å². The largest absolute Gasteiger partial charge is 0.383 e. The molecule has 0 fully saturated rings. The summed E-state index contributed by atoms with van der Waals surface area (Å²) in [5, 5.41) is 8.30. The molecule has 1 heterocycles. The second kappa shape index (κ2) is 5.64. The average Bonchev–Trinajstić information content (AvgIpc) is 2.55. The van der Waals surface area contributed by atoms with Crippen molar-refractivity contribution in [2.24, 2.45) is 5.41 Å². The maximum atomic E-state index is 5.83. The van der Waals surface area contributed by atoms with Crippen molar-refractivity contribution in [3.8, 4) is 0 Å². The van der Waals surface area contributed by atoms with Gasteiger partial charge in [0.15, 0.2) is 0 Å². The predicted molar refractivity (Wildman–Crippen MR) is 64.6 cm³/mol. The molecular weight excluding hydrogens is 226 g/mol. The van der Waals surface area contributed by atoms with Crippen LogP contribution in [-0.2, 0) is 23.6 Å². The molecule has 1 aromatic rings. The number of rotatable bonds is 5. The average molecular weight is 246 g/mol. The lowest BCUT2D eigenvalue weighted by Gasteiger charge is -2.18. The van der Waals surface area contributed by atoms with Crippen molar-refractivity contribution < 1.29 is 4.74 Å². The van der Waals surface area contributed by atoms with Crippen molar-refractivity contribution in [2.45, 2.75) is 39.6 Å². The van der Waals surface area contributed by atoms with E-state index in [0.717, 1.165) is 24.6 Å². The van der Waals surface area contributed by atoms with Crippen LogP contribution in [0, 0.1) is 5.41 Å². The topological polar surface area (TPSA) is 39.9 Å². The highest BCUT2D eigenvalue weighted by Crippen LogP contribution is 2.20. The van der Waals surface area contributed by atoms with Crippen molar-refractivity contribution in [2.75, 3.05) is 13.7 Å². The minimum Gasteiger partial charge on any atom is -0.383 e. The lowest BCUT2D eigenvalue weighted by molar-refractivity contribution is 0.184. The van der Waals surface area contributed by atoms with Crippen molar-refractivity contribution >= 4 is 11.6 Å². The van der Waals surface area contributed by atoms with Gasteiger partial charge in [-0.1, -0.05) is 20.8 Å². The lowest BCUT2D eigenvalue weighted by atomic mass is 9.92. The molecule has 0 aliphatic heterocycles. The molecule has 4 nitrogen and oxygen atoms in total. The number of methoxy groups -OCH3 is 1. The fourth-order valence-corrected chi connectivity index (χ4v) is 1.71. The second-order valence-corrected chi connectivity index (χ2v) is 5.32. The van der Waals surface area contributed by atoms with Gasteiger partial charge in [0, 0.05) is 20.1 Å². The van der Waals surface area contributed by atoms with Crippen LogP contribution in [0.15, 0.2) is 0 Å². The Labute approximate surface area is 102 Å². The third-order valence-electron chi connectivity index (χ3n) is 2.23. The Bertz CT molecular complexity index is 330. The molecular formula is C11H20ClN3O. The summed E-state index contributed by atoms with van der Waals surface area (Å²) in [6, 6.07) is 0.